The molecule has 1 atom stereocenters. The average molecular weight is 188 g/mol. The highest BCUT2D eigenvalue weighted by molar-refractivity contribution is 5.02. The molecule has 2 N–H and O–H groups in total. The van der Waals surface area contributed by atoms with Crippen LogP contribution < -0.4 is 0 Å². The predicted molar refractivity (Wildman–Crippen MR) is 47.4 cm³/mol. The van der Waals surface area contributed by atoms with E-state index in [1.165, 1.54) is 0 Å². The summed E-state index contributed by atoms with van der Waals surface area (Å²) in [6, 6.07) is 0. The van der Waals surface area contributed by atoms with Crippen molar-refractivity contribution in [1.82, 2.24) is 5.06 Å². The lowest BCUT2D eigenvalue weighted by Crippen LogP contribution is -2.54. The minimum Gasteiger partial charge on any atom is -0.394 e. The zero-order valence-corrected chi connectivity index (χ0v) is 8.29. The van der Waals surface area contributed by atoms with Crippen molar-refractivity contribution in [3.05, 3.63) is 0 Å². The zero-order valence-electron chi connectivity index (χ0n) is 8.29. The van der Waals surface area contributed by atoms with Crippen LogP contribution in [0.15, 0.2) is 0 Å². The Morgan fingerprint density at radius 2 is 1.85 bits per heavy atom. The van der Waals surface area contributed by atoms with Gasteiger partial charge < -0.3 is 10.2 Å². The third-order valence-corrected chi connectivity index (χ3v) is 3.40. The standard InChI is InChI=1S/C9H18NO3/c1-3-8(2)4-5-9(6-11,7-12)10(8)13/h11-12H,3-7H2,1-2H3. The lowest BCUT2D eigenvalue weighted by Gasteiger charge is -2.36. The van der Waals surface area contributed by atoms with Gasteiger partial charge in [0, 0.05) is 5.54 Å². The molecule has 1 unspecified atom stereocenters. The second kappa shape index (κ2) is 3.53. The Bertz CT molecular complexity index is 182. The van der Waals surface area contributed by atoms with E-state index < -0.39 is 11.1 Å². The quantitative estimate of drug-likeness (QED) is 0.670. The van der Waals surface area contributed by atoms with Crippen molar-refractivity contribution >= 4 is 0 Å². The van der Waals surface area contributed by atoms with Gasteiger partial charge in [0.25, 0.3) is 0 Å². The summed E-state index contributed by atoms with van der Waals surface area (Å²) in [6.45, 7) is 3.31. The summed E-state index contributed by atoms with van der Waals surface area (Å²) < 4.78 is 0. The van der Waals surface area contributed by atoms with Crippen LogP contribution in [-0.2, 0) is 5.21 Å². The molecule has 1 fully saturated rings. The molecule has 0 aromatic heterocycles. The minimum absolute atomic E-state index is 0.261. The number of aliphatic hydroxyl groups is 2. The Kier molecular flexibility index (Phi) is 2.97. The molecule has 1 saturated heterocycles. The summed E-state index contributed by atoms with van der Waals surface area (Å²) in [4.78, 5) is 0. The fraction of sp³-hybridized carbons (Fsp3) is 1.00. The molecule has 0 aliphatic carbocycles. The van der Waals surface area contributed by atoms with Gasteiger partial charge in [-0.15, -0.1) is 10.3 Å². The molecule has 1 rings (SSSR count). The second-order valence-electron chi connectivity index (χ2n) is 4.19. The highest BCUT2D eigenvalue weighted by atomic mass is 16.5. The normalized spacial score (nSPS) is 33.9. The van der Waals surface area contributed by atoms with E-state index in [2.05, 4.69) is 0 Å². The highest BCUT2D eigenvalue weighted by Crippen LogP contribution is 2.41. The summed E-state index contributed by atoms with van der Waals surface area (Å²) in [5.41, 5.74) is -1.35. The fourth-order valence-electron chi connectivity index (χ4n) is 1.93. The largest absolute Gasteiger partial charge is 0.394 e. The van der Waals surface area contributed by atoms with Gasteiger partial charge in [-0.3, -0.25) is 0 Å². The van der Waals surface area contributed by atoms with E-state index in [-0.39, 0.29) is 13.2 Å². The van der Waals surface area contributed by atoms with Crippen LogP contribution in [0.25, 0.3) is 0 Å². The van der Waals surface area contributed by atoms with Crippen LogP contribution in [0.5, 0.6) is 0 Å². The van der Waals surface area contributed by atoms with E-state index in [1.807, 2.05) is 13.8 Å². The first-order valence-corrected chi connectivity index (χ1v) is 4.74. The molecular formula is C9H18NO3. The van der Waals surface area contributed by atoms with Gasteiger partial charge in [-0.25, -0.2) is 0 Å². The molecule has 4 heteroatoms. The van der Waals surface area contributed by atoms with E-state index in [1.54, 1.807) is 0 Å². The molecule has 0 amide bonds. The average Bonchev–Trinajstić information content (AvgIpc) is 2.43. The lowest BCUT2D eigenvalue weighted by atomic mass is 9.96. The molecular weight excluding hydrogens is 170 g/mol. The van der Waals surface area contributed by atoms with Gasteiger partial charge in [-0.05, 0) is 26.2 Å². The molecule has 1 heterocycles. The Labute approximate surface area is 78.7 Å². The van der Waals surface area contributed by atoms with Crippen LogP contribution >= 0.6 is 0 Å². The molecule has 1 aliphatic rings. The van der Waals surface area contributed by atoms with E-state index in [9.17, 15) is 5.21 Å². The van der Waals surface area contributed by atoms with Crippen LogP contribution in [0.3, 0.4) is 0 Å². The monoisotopic (exact) mass is 188 g/mol. The molecule has 0 saturated carbocycles. The van der Waals surface area contributed by atoms with Crippen LogP contribution in [0, 0.1) is 0 Å². The number of hydroxylamine groups is 2. The Morgan fingerprint density at radius 1 is 1.31 bits per heavy atom. The molecule has 0 aromatic carbocycles. The highest BCUT2D eigenvalue weighted by Gasteiger charge is 2.52. The van der Waals surface area contributed by atoms with Crippen molar-refractivity contribution < 1.29 is 15.4 Å². The Morgan fingerprint density at radius 3 is 2.08 bits per heavy atom. The zero-order chi connectivity index (χ0) is 10.1. The topological polar surface area (TPSA) is 63.6 Å². The fourth-order valence-corrected chi connectivity index (χ4v) is 1.93. The van der Waals surface area contributed by atoms with E-state index in [0.29, 0.717) is 6.42 Å². The molecule has 0 aromatic rings. The van der Waals surface area contributed by atoms with Crippen molar-refractivity contribution in [1.29, 1.82) is 0 Å². The van der Waals surface area contributed by atoms with Crippen molar-refractivity contribution in [2.75, 3.05) is 13.2 Å². The van der Waals surface area contributed by atoms with Crippen LogP contribution in [0.1, 0.15) is 33.1 Å². The maximum Gasteiger partial charge on any atom is 0.0959 e. The first-order valence-electron chi connectivity index (χ1n) is 4.74. The number of rotatable bonds is 3. The molecule has 1 radical (unpaired) electrons. The maximum atomic E-state index is 11.8. The SMILES string of the molecule is CCC1(C)CCC(CO)(CO)N1[O]. The molecule has 13 heavy (non-hydrogen) atoms. The van der Waals surface area contributed by atoms with E-state index >= 15 is 0 Å². The van der Waals surface area contributed by atoms with Crippen LogP contribution in [0.4, 0.5) is 0 Å². The summed E-state index contributed by atoms with van der Waals surface area (Å²) in [7, 11) is 0. The lowest BCUT2D eigenvalue weighted by molar-refractivity contribution is -0.271. The first-order chi connectivity index (χ1) is 6.04. The summed E-state index contributed by atoms with van der Waals surface area (Å²) in [5.74, 6) is 0. The summed E-state index contributed by atoms with van der Waals surface area (Å²) >= 11 is 0. The molecule has 0 spiro atoms. The van der Waals surface area contributed by atoms with Crippen LogP contribution in [-0.4, -0.2) is 39.6 Å². The smallest absolute Gasteiger partial charge is 0.0959 e. The van der Waals surface area contributed by atoms with Crippen molar-refractivity contribution in [2.45, 2.75) is 44.2 Å². The summed E-state index contributed by atoms with van der Waals surface area (Å²) in [5, 5.41) is 31.0. The van der Waals surface area contributed by atoms with Crippen molar-refractivity contribution in [3.63, 3.8) is 0 Å². The van der Waals surface area contributed by atoms with Gasteiger partial charge >= 0.3 is 0 Å². The molecule has 4 nitrogen and oxygen atoms in total. The van der Waals surface area contributed by atoms with Gasteiger partial charge in [-0.1, -0.05) is 6.92 Å². The second-order valence-corrected chi connectivity index (χ2v) is 4.19. The Balaban J connectivity index is 2.84. The number of hydrogen-bond donors (Lipinski definition) is 2. The third-order valence-electron chi connectivity index (χ3n) is 3.40. The maximum absolute atomic E-state index is 11.8. The molecule has 77 valence electrons. The van der Waals surface area contributed by atoms with E-state index in [0.717, 1.165) is 17.9 Å². The van der Waals surface area contributed by atoms with Crippen molar-refractivity contribution in [2.24, 2.45) is 0 Å². The summed E-state index contributed by atoms with van der Waals surface area (Å²) in [6.07, 6.45) is 2.07. The predicted octanol–water partition coefficient (Wildman–Crippen LogP) is 0.320. The van der Waals surface area contributed by atoms with Gasteiger partial charge in [0.1, 0.15) is 0 Å². The van der Waals surface area contributed by atoms with Gasteiger partial charge in [-0.2, -0.15) is 0 Å². The van der Waals surface area contributed by atoms with Crippen molar-refractivity contribution in [3.8, 4) is 0 Å². The first kappa shape index (κ1) is 10.9. The molecule has 0 bridgehead atoms. The Hall–Kier alpha value is -0.160. The van der Waals surface area contributed by atoms with Gasteiger partial charge in [0.05, 0.1) is 18.8 Å². The number of nitrogens with zero attached hydrogens (tertiary/aromatic N) is 1. The number of aliphatic hydroxyl groups excluding tert-OH is 2. The van der Waals surface area contributed by atoms with Gasteiger partial charge in [0.2, 0.25) is 0 Å². The van der Waals surface area contributed by atoms with Gasteiger partial charge in [0.15, 0.2) is 0 Å². The number of hydrogen-bond acceptors (Lipinski definition) is 3. The molecule has 1 aliphatic heterocycles. The van der Waals surface area contributed by atoms with E-state index in [4.69, 9.17) is 10.2 Å². The minimum atomic E-state index is -0.940. The van der Waals surface area contributed by atoms with Crippen LogP contribution in [0.2, 0.25) is 0 Å². The third kappa shape index (κ3) is 1.48.